The zero-order valence-electron chi connectivity index (χ0n) is 25.1. The van der Waals surface area contributed by atoms with Gasteiger partial charge in [-0.3, -0.25) is 13.9 Å². The van der Waals surface area contributed by atoms with E-state index in [2.05, 4.69) is 21.2 Å². The lowest BCUT2D eigenvalue weighted by molar-refractivity contribution is -0.140. The van der Waals surface area contributed by atoms with E-state index >= 15 is 0 Å². The molecule has 0 heterocycles. The summed E-state index contributed by atoms with van der Waals surface area (Å²) in [5, 5.41) is 3.13. The van der Waals surface area contributed by atoms with Crippen molar-refractivity contribution in [3.05, 3.63) is 129 Å². The molecule has 0 aromatic heterocycles. The van der Waals surface area contributed by atoms with Gasteiger partial charge in [0.2, 0.25) is 11.8 Å². The number of carbonyl (C=O) groups excluding carboxylic acids is 2. The lowest BCUT2D eigenvalue weighted by Gasteiger charge is -2.35. The van der Waals surface area contributed by atoms with Crippen molar-refractivity contribution >= 4 is 66.7 Å². The Morgan fingerprint density at radius 2 is 1.42 bits per heavy atom. The van der Waals surface area contributed by atoms with Gasteiger partial charge in [0.1, 0.15) is 12.6 Å². The number of hydrogen-bond acceptors (Lipinski definition) is 4. The highest BCUT2D eigenvalue weighted by molar-refractivity contribution is 9.10. The first-order valence-electron chi connectivity index (χ1n) is 14.2. The van der Waals surface area contributed by atoms with Crippen LogP contribution in [0.5, 0.6) is 0 Å². The summed E-state index contributed by atoms with van der Waals surface area (Å²) in [6.45, 7) is 4.99. The topological polar surface area (TPSA) is 86.8 Å². The first-order valence-corrected chi connectivity index (χ1v) is 17.2. The molecule has 0 saturated heterocycles. The van der Waals surface area contributed by atoms with E-state index in [9.17, 15) is 18.0 Å². The van der Waals surface area contributed by atoms with Crippen molar-refractivity contribution in [1.82, 2.24) is 10.2 Å². The van der Waals surface area contributed by atoms with Gasteiger partial charge in [0.25, 0.3) is 10.0 Å². The number of hydrogen-bond donors (Lipinski definition) is 1. The van der Waals surface area contributed by atoms with Gasteiger partial charge in [0.05, 0.1) is 20.6 Å². The van der Waals surface area contributed by atoms with E-state index in [4.69, 9.17) is 23.2 Å². The van der Waals surface area contributed by atoms with Crippen molar-refractivity contribution in [3.8, 4) is 0 Å². The van der Waals surface area contributed by atoms with Crippen LogP contribution in [0.15, 0.2) is 112 Å². The van der Waals surface area contributed by atoms with E-state index in [1.165, 1.54) is 29.2 Å². The fourth-order valence-corrected chi connectivity index (χ4v) is 6.87. The summed E-state index contributed by atoms with van der Waals surface area (Å²) in [6.07, 6.45) is 0.203. The number of rotatable bonds is 11. The molecule has 1 N–H and O–H groups in total. The lowest BCUT2D eigenvalue weighted by Crippen LogP contribution is -2.56. The molecule has 4 aromatic carbocycles. The molecule has 0 aliphatic carbocycles. The number of amides is 2. The van der Waals surface area contributed by atoms with E-state index in [-0.39, 0.29) is 39.5 Å². The van der Waals surface area contributed by atoms with Crippen molar-refractivity contribution < 1.29 is 18.0 Å². The van der Waals surface area contributed by atoms with Crippen LogP contribution in [0, 0.1) is 0 Å². The SMILES string of the molecule is CC(C)(C)NC(=O)C(Cc1ccccc1)N(Cc1ccc(Br)cc1)C(=O)CN(c1cccc(Cl)c1Cl)S(=O)(=O)c1ccccc1. The molecule has 0 saturated carbocycles. The standard InChI is InChI=1S/C34H34BrCl2N3O4S/c1-34(2,3)38-33(42)30(21-24-11-6-4-7-12-24)39(22-25-17-19-26(35)20-18-25)31(41)23-40(29-16-10-15-28(36)32(29)37)45(43,44)27-13-8-5-9-14-27/h4-20,30H,21-23H2,1-3H3,(H,38,42). The van der Waals surface area contributed by atoms with Gasteiger partial charge >= 0.3 is 0 Å². The van der Waals surface area contributed by atoms with E-state index in [0.29, 0.717) is 0 Å². The summed E-state index contributed by atoms with van der Waals surface area (Å²) in [5.41, 5.74) is 1.05. The van der Waals surface area contributed by atoms with Gasteiger partial charge in [-0.25, -0.2) is 8.42 Å². The molecule has 0 spiro atoms. The maximum Gasteiger partial charge on any atom is 0.264 e. The molecular formula is C34H34BrCl2N3O4S. The van der Waals surface area contributed by atoms with Crippen LogP contribution in [0.3, 0.4) is 0 Å². The Bertz CT molecular complexity index is 1730. The van der Waals surface area contributed by atoms with Gasteiger partial charge < -0.3 is 10.2 Å². The average Bonchev–Trinajstić information content (AvgIpc) is 3.00. The highest BCUT2D eigenvalue weighted by Crippen LogP contribution is 2.35. The Balaban J connectivity index is 1.84. The first kappa shape index (κ1) is 34.5. The number of halogens is 3. The predicted octanol–water partition coefficient (Wildman–Crippen LogP) is 7.51. The molecule has 1 unspecified atom stereocenters. The first-order chi connectivity index (χ1) is 21.3. The van der Waals surface area contributed by atoms with E-state index in [1.807, 2.05) is 75.4 Å². The van der Waals surface area contributed by atoms with Crippen LogP contribution in [-0.2, 0) is 32.6 Å². The Hall–Kier alpha value is -3.37. The quantitative estimate of drug-likeness (QED) is 0.173. The smallest absolute Gasteiger partial charge is 0.264 e. The molecule has 2 amide bonds. The Morgan fingerprint density at radius 1 is 0.822 bits per heavy atom. The van der Waals surface area contributed by atoms with Crippen LogP contribution >= 0.6 is 39.1 Å². The third-order valence-corrected chi connectivity index (χ3v) is 9.96. The van der Waals surface area contributed by atoms with Crippen molar-refractivity contribution in [2.45, 2.75) is 50.2 Å². The predicted molar refractivity (Wildman–Crippen MR) is 184 cm³/mol. The highest BCUT2D eigenvalue weighted by atomic mass is 79.9. The summed E-state index contributed by atoms with van der Waals surface area (Å²) < 4.78 is 30.0. The second-order valence-electron chi connectivity index (χ2n) is 11.5. The summed E-state index contributed by atoms with van der Waals surface area (Å²) in [4.78, 5) is 29.9. The van der Waals surface area contributed by atoms with Crippen molar-refractivity contribution in [1.29, 1.82) is 0 Å². The molecule has 236 valence electrons. The highest BCUT2D eigenvalue weighted by Gasteiger charge is 2.36. The molecular weight excluding hydrogens is 697 g/mol. The van der Waals surface area contributed by atoms with Crippen LogP contribution in [0.1, 0.15) is 31.9 Å². The molecule has 1 atom stereocenters. The Labute approximate surface area is 283 Å². The summed E-state index contributed by atoms with van der Waals surface area (Å²) in [6, 6.07) is 28.2. The van der Waals surface area contributed by atoms with Crippen molar-refractivity contribution in [2.75, 3.05) is 10.8 Å². The maximum absolute atomic E-state index is 14.5. The fourth-order valence-electron chi connectivity index (χ4n) is 4.71. The van der Waals surface area contributed by atoms with Gasteiger partial charge in [-0.15, -0.1) is 0 Å². The average molecular weight is 732 g/mol. The zero-order valence-corrected chi connectivity index (χ0v) is 29.0. The molecule has 4 rings (SSSR count). The van der Waals surface area contributed by atoms with Crippen LogP contribution in [0.25, 0.3) is 0 Å². The van der Waals surface area contributed by atoms with Gasteiger partial charge in [-0.05, 0) is 68.3 Å². The molecule has 0 fully saturated rings. The van der Waals surface area contributed by atoms with Crippen LogP contribution in [0.4, 0.5) is 5.69 Å². The van der Waals surface area contributed by atoms with Crippen LogP contribution in [0.2, 0.25) is 10.0 Å². The number of benzene rings is 4. The molecule has 0 bridgehead atoms. The molecule has 45 heavy (non-hydrogen) atoms. The minimum absolute atomic E-state index is 0.0164. The number of sulfonamides is 1. The molecule has 7 nitrogen and oxygen atoms in total. The lowest BCUT2D eigenvalue weighted by atomic mass is 10.0. The van der Waals surface area contributed by atoms with Crippen molar-refractivity contribution in [2.24, 2.45) is 0 Å². The summed E-state index contributed by atoms with van der Waals surface area (Å²) >= 11 is 16.3. The van der Waals surface area contributed by atoms with E-state index in [0.717, 1.165) is 19.9 Å². The number of anilines is 1. The fraction of sp³-hybridized carbons (Fsp3) is 0.235. The largest absolute Gasteiger partial charge is 0.350 e. The normalized spacial score (nSPS) is 12.3. The molecule has 0 aliphatic rings. The second kappa shape index (κ2) is 14.8. The van der Waals surface area contributed by atoms with Crippen molar-refractivity contribution in [3.63, 3.8) is 0 Å². The maximum atomic E-state index is 14.5. The van der Waals surface area contributed by atoms with Crippen LogP contribution < -0.4 is 9.62 Å². The van der Waals surface area contributed by atoms with Gasteiger partial charge in [-0.1, -0.05) is 106 Å². The molecule has 11 heteroatoms. The van der Waals surface area contributed by atoms with E-state index in [1.54, 1.807) is 24.3 Å². The molecule has 4 aromatic rings. The minimum atomic E-state index is -4.30. The summed E-state index contributed by atoms with van der Waals surface area (Å²) in [5.74, 6) is -0.964. The second-order valence-corrected chi connectivity index (χ2v) is 15.1. The van der Waals surface area contributed by atoms with Gasteiger partial charge in [0, 0.05) is 23.0 Å². The summed E-state index contributed by atoms with van der Waals surface area (Å²) in [7, 11) is -4.30. The Kier molecular flexibility index (Phi) is 11.4. The Morgan fingerprint density at radius 3 is 2.02 bits per heavy atom. The minimum Gasteiger partial charge on any atom is -0.350 e. The van der Waals surface area contributed by atoms with Crippen LogP contribution in [-0.4, -0.2) is 43.3 Å². The number of nitrogens with zero attached hydrogens (tertiary/aromatic N) is 2. The molecule has 0 radical (unpaired) electrons. The molecule has 0 aliphatic heterocycles. The number of nitrogens with one attached hydrogen (secondary N) is 1. The third kappa shape index (κ3) is 9.10. The monoisotopic (exact) mass is 729 g/mol. The number of carbonyl (C=O) groups is 2. The third-order valence-electron chi connectivity index (χ3n) is 6.85. The van der Waals surface area contributed by atoms with Gasteiger partial charge in [0.15, 0.2) is 0 Å². The van der Waals surface area contributed by atoms with Gasteiger partial charge in [-0.2, -0.15) is 0 Å². The zero-order chi connectivity index (χ0) is 32.8. The van der Waals surface area contributed by atoms with E-state index < -0.39 is 34.1 Å².